The van der Waals surface area contributed by atoms with E-state index in [1.165, 1.54) is 29.2 Å². The lowest BCUT2D eigenvalue weighted by atomic mass is 10.1. The van der Waals surface area contributed by atoms with Crippen LogP contribution < -0.4 is 5.32 Å². The summed E-state index contributed by atoms with van der Waals surface area (Å²) in [5.41, 5.74) is -2.62. The van der Waals surface area contributed by atoms with Gasteiger partial charge in [-0.1, -0.05) is 12.1 Å². The van der Waals surface area contributed by atoms with Gasteiger partial charge in [0.15, 0.2) is 0 Å². The maximum absolute atomic E-state index is 12.5. The third-order valence-electron chi connectivity index (χ3n) is 4.23. The van der Waals surface area contributed by atoms with Crippen molar-refractivity contribution in [3.63, 3.8) is 0 Å². The highest BCUT2D eigenvalue weighted by atomic mass is 32.2. The number of hydrogen-bond acceptors (Lipinski definition) is 3. The Hall–Kier alpha value is -2.48. The van der Waals surface area contributed by atoms with E-state index in [0.717, 1.165) is 18.4 Å². The van der Waals surface area contributed by atoms with Crippen molar-refractivity contribution in [2.45, 2.75) is 35.8 Å². The zero-order chi connectivity index (χ0) is 20.3. The van der Waals surface area contributed by atoms with Crippen molar-refractivity contribution >= 4 is 23.6 Å². The highest BCUT2D eigenvalue weighted by Gasteiger charge is 2.29. The summed E-state index contributed by atoms with van der Waals surface area (Å²) in [5, 5.41) is 2.91. The molecule has 2 aromatic carbocycles. The lowest BCUT2D eigenvalue weighted by molar-refractivity contribution is -0.0328. The molecule has 0 radical (unpaired) electrons. The van der Waals surface area contributed by atoms with Crippen molar-refractivity contribution in [3.05, 3.63) is 65.2 Å². The SMILES string of the molecule is CN(Cc1ccc(C(=O)NC2CC2)cc1)C(=O)c1ccc(SC(F)(F)F)cc1. The third-order valence-corrected chi connectivity index (χ3v) is 4.97. The molecule has 0 unspecified atom stereocenters. The van der Waals surface area contributed by atoms with Gasteiger partial charge in [-0.3, -0.25) is 9.59 Å². The third kappa shape index (κ3) is 5.76. The first-order valence-corrected chi connectivity index (χ1v) is 9.54. The molecule has 1 N–H and O–H groups in total. The Balaban J connectivity index is 1.58. The largest absolute Gasteiger partial charge is 0.446 e. The van der Waals surface area contributed by atoms with Gasteiger partial charge >= 0.3 is 5.51 Å². The second kappa shape index (κ2) is 8.26. The number of nitrogens with one attached hydrogen (secondary N) is 1. The molecule has 1 saturated carbocycles. The van der Waals surface area contributed by atoms with E-state index in [1.807, 2.05) is 0 Å². The van der Waals surface area contributed by atoms with Crippen LogP contribution in [0.1, 0.15) is 39.1 Å². The first kappa shape index (κ1) is 20.3. The molecule has 4 nitrogen and oxygen atoms in total. The van der Waals surface area contributed by atoms with E-state index in [0.29, 0.717) is 17.7 Å². The minimum absolute atomic E-state index is 0.0340. The van der Waals surface area contributed by atoms with E-state index in [2.05, 4.69) is 5.32 Å². The fourth-order valence-corrected chi connectivity index (χ4v) is 3.16. The van der Waals surface area contributed by atoms with Gasteiger partial charge in [0, 0.05) is 35.7 Å². The Bertz CT molecular complexity index is 847. The summed E-state index contributed by atoms with van der Waals surface area (Å²) in [6.07, 6.45) is 2.04. The fraction of sp³-hybridized carbons (Fsp3) is 0.300. The lowest BCUT2D eigenvalue weighted by Crippen LogP contribution is -2.26. The summed E-state index contributed by atoms with van der Waals surface area (Å²) in [4.78, 5) is 26.0. The Morgan fingerprint density at radius 1 is 1.04 bits per heavy atom. The molecule has 0 spiro atoms. The molecule has 0 aromatic heterocycles. The van der Waals surface area contributed by atoms with Gasteiger partial charge in [0.25, 0.3) is 11.8 Å². The highest BCUT2D eigenvalue weighted by Crippen LogP contribution is 2.36. The summed E-state index contributed by atoms with van der Waals surface area (Å²) in [6, 6.07) is 12.6. The van der Waals surface area contributed by atoms with Crippen molar-refractivity contribution in [2.75, 3.05) is 7.05 Å². The van der Waals surface area contributed by atoms with Crippen LogP contribution >= 0.6 is 11.8 Å². The van der Waals surface area contributed by atoms with Gasteiger partial charge in [0.05, 0.1) is 0 Å². The molecule has 0 atom stereocenters. The minimum Gasteiger partial charge on any atom is -0.349 e. The summed E-state index contributed by atoms with van der Waals surface area (Å²) in [6.45, 7) is 0.322. The summed E-state index contributed by atoms with van der Waals surface area (Å²) in [5.74, 6) is -0.394. The molecule has 1 aliphatic rings. The average molecular weight is 408 g/mol. The highest BCUT2D eigenvalue weighted by molar-refractivity contribution is 8.00. The van der Waals surface area contributed by atoms with Crippen LogP contribution in [0.4, 0.5) is 13.2 Å². The van der Waals surface area contributed by atoms with Gasteiger partial charge in [-0.05, 0) is 66.6 Å². The zero-order valence-electron chi connectivity index (χ0n) is 15.1. The van der Waals surface area contributed by atoms with Crippen molar-refractivity contribution < 1.29 is 22.8 Å². The van der Waals surface area contributed by atoms with Crippen LogP contribution in [0.3, 0.4) is 0 Å². The van der Waals surface area contributed by atoms with E-state index in [-0.39, 0.29) is 34.5 Å². The van der Waals surface area contributed by atoms with Gasteiger partial charge in [-0.2, -0.15) is 13.2 Å². The van der Waals surface area contributed by atoms with Crippen LogP contribution in [0.15, 0.2) is 53.4 Å². The summed E-state index contributed by atoms with van der Waals surface area (Å²) >= 11 is -0.214. The van der Waals surface area contributed by atoms with Crippen molar-refractivity contribution in [2.24, 2.45) is 0 Å². The average Bonchev–Trinajstić information content (AvgIpc) is 3.45. The van der Waals surface area contributed by atoms with E-state index >= 15 is 0 Å². The zero-order valence-corrected chi connectivity index (χ0v) is 15.9. The first-order valence-electron chi connectivity index (χ1n) is 8.72. The standard InChI is InChI=1S/C20H19F3N2O2S/c1-25(19(27)15-6-10-17(11-7-15)28-20(21,22)23)12-13-2-4-14(5-3-13)18(26)24-16-8-9-16/h2-7,10-11,16H,8-9,12H2,1H3,(H,24,26). The Morgan fingerprint density at radius 2 is 1.61 bits per heavy atom. The van der Waals surface area contributed by atoms with E-state index in [9.17, 15) is 22.8 Å². The molecule has 148 valence electrons. The number of rotatable bonds is 6. The van der Waals surface area contributed by atoms with Gasteiger partial charge < -0.3 is 10.2 Å². The quantitative estimate of drug-likeness (QED) is 0.718. The predicted octanol–water partition coefficient (Wildman–Crippen LogP) is 4.46. The summed E-state index contributed by atoms with van der Waals surface area (Å²) < 4.78 is 37.1. The van der Waals surface area contributed by atoms with Gasteiger partial charge in [0.2, 0.25) is 0 Å². The number of carbonyl (C=O) groups excluding carboxylic acids is 2. The second-order valence-electron chi connectivity index (χ2n) is 6.68. The van der Waals surface area contributed by atoms with Crippen LogP contribution in [0, 0.1) is 0 Å². The van der Waals surface area contributed by atoms with Crippen LogP contribution in [0.25, 0.3) is 0 Å². The monoisotopic (exact) mass is 408 g/mol. The Morgan fingerprint density at radius 3 is 2.14 bits per heavy atom. The molecule has 8 heteroatoms. The van der Waals surface area contributed by atoms with Crippen LogP contribution in [0.5, 0.6) is 0 Å². The number of amides is 2. The molecule has 0 aliphatic heterocycles. The molecule has 2 amide bonds. The number of halogens is 3. The van der Waals surface area contributed by atoms with Crippen molar-refractivity contribution in [3.8, 4) is 0 Å². The minimum atomic E-state index is -4.36. The molecule has 0 heterocycles. The van der Waals surface area contributed by atoms with E-state index in [1.54, 1.807) is 31.3 Å². The predicted molar refractivity (Wildman–Crippen MR) is 101 cm³/mol. The topological polar surface area (TPSA) is 49.4 Å². The number of hydrogen-bond donors (Lipinski definition) is 1. The van der Waals surface area contributed by atoms with Crippen molar-refractivity contribution in [1.82, 2.24) is 10.2 Å². The molecule has 0 bridgehead atoms. The first-order chi connectivity index (χ1) is 13.2. The van der Waals surface area contributed by atoms with Crippen LogP contribution in [0.2, 0.25) is 0 Å². The number of thioether (sulfide) groups is 1. The lowest BCUT2D eigenvalue weighted by Gasteiger charge is -2.18. The van der Waals surface area contributed by atoms with Gasteiger partial charge in [0.1, 0.15) is 0 Å². The molecule has 1 fully saturated rings. The maximum Gasteiger partial charge on any atom is 0.446 e. The molecule has 3 rings (SSSR count). The molecule has 0 saturated heterocycles. The molecule has 2 aromatic rings. The molecular weight excluding hydrogens is 389 g/mol. The smallest absolute Gasteiger partial charge is 0.349 e. The van der Waals surface area contributed by atoms with Gasteiger partial charge in [-0.15, -0.1) is 0 Å². The summed E-state index contributed by atoms with van der Waals surface area (Å²) in [7, 11) is 1.62. The Labute approximate surface area is 165 Å². The van der Waals surface area contributed by atoms with Crippen molar-refractivity contribution in [1.29, 1.82) is 0 Å². The number of carbonyl (C=O) groups is 2. The number of benzene rings is 2. The second-order valence-corrected chi connectivity index (χ2v) is 7.82. The molecule has 28 heavy (non-hydrogen) atoms. The number of alkyl halides is 3. The number of nitrogens with zero attached hydrogens (tertiary/aromatic N) is 1. The molecular formula is C20H19F3N2O2S. The normalized spacial score (nSPS) is 13.9. The van der Waals surface area contributed by atoms with Gasteiger partial charge in [-0.25, -0.2) is 0 Å². The van der Waals surface area contributed by atoms with Crippen LogP contribution in [-0.2, 0) is 6.54 Å². The van der Waals surface area contributed by atoms with E-state index in [4.69, 9.17) is 0 Å². The fourth-order valence-electron chi connectivity index (χ4n) is 2.62. The Kier molecular flexibility index (Phi) is 5.98. The molecule has 1 aliphatic carbocycles. The van der Waals surface area contributed by atoms with E-state index < -0.39 is 5.51 Å². The maximum atomic E-state index is 12.5. The van der Waals surface area contributed by atoms with Crippen LogP contribution in [-0.4, -0.2) is 35.3 Å².